The second-order valence-electron chi connectivity index (χ2n) is 5.79. The predicted octanol–water partition coefficient (Wildman–Crippen LogP) is 5.05. The zero-order valence-electron chi connectivity index (χ0n) is 14.1. The molecule has 0 saturated carbocycles. The van der Waals surface area contributed by atoms with Gasteiger partial charge in [0, 0.05) is 22.8 Å². The second kappa shape index (κ2) is 7.97. The molecule has 1 amide bonds. The van der Waals surface area contributed by atoms with E-state index in [1.807, 2.05) is 13.0 Å². The summed E-state index contributed by atoms with van der Waals surface area (Å²) in [6.45, 7) is 2.22. The third-order valence-electron chi connectivity index (χ3n) is 3.88. The van der Waals surface area contributed by atoms with Gasteiger partial charge in [0.05, 0.1) is 11.9 Å². The summed E-state index contributed by atoms with van der Waals surface area (Å²) in [5, 5.41) is 6.43. The average Bonchev–Trinajstić information content (AvgIpc) is 2.64. The maximum absolute atomic E-state index is 13.6. The van der Waals surface area contributed by atoms with Crippen molar-refractivity contribution < 1.29 is 9.18 Å². The first-order chi connectivity index (χ1) is 12.5. The Hall–Kier alpha value is -2.92. The lowest BCUT2D eigenvalue weighted by atomic mass is 10.2. The Kier molecular flexibility index (Phi) is 5.49. The predicted molar refractivity (Wildman–Crippen MR) is 102 cm³/mol. The largest absolute Gasteiger partial charge is 0.380 e. The molecule has 2 N–H and O–H groups in total. The Morgan fingerprint density at radius 1 is 1.15 bits per heavy atom. The van der Waals surface area contributed by atoms with Crippen LogP contribution in [-0.4, -0.2) is 10.9 Å². The van der Waals surface area contributed by atoms with Crippen molar-refractivity contribution in [1.82, 2.24) is 4.98 Å². The Morgan fingerprint density at radius 2 is 1.96 bits per heavy atom. The summed E-state index contributed by atoms with van der Waals surface area (Å²) in [6.07, 6.45) is 1.54. The van der Waals surface area contributed by atoms with E-state index in [1.54, 1.807) is 48.7 Å². The molecule has 0 bridgehead atoms. The minimum absolute atomic E-state index is 0.263. The van der Waals surface area contributed by atoms with Gasteiger partial charge in [0.25, 0.3) is 5.91 Å². The van der Waals surface area contributed by atoms with Crippen molar-refractivity contribution in [3.63, 3.8) is 0 Å². The Morgan fingerprint density at radius 3 is 2.69 bits per heavy atom. The molecule has 0 fully saturated rings. The molecule has 1 aromatic heterocycles. The van der Waals surface area contributed by atoms with Crippen LogP contribution in [0.3, 0.4) is 0 Å². The number of pyridine rings is 1. The van der Waals surface area contributed by atoms with Crippen molar-refractivity contribution >= 4 is 28.9 Å². The smallest absolute Gasteiger partial charge is 0.274 e. The number of carbonyl (C=O) groups is 1. The van der Waals surface area contributed by atoms with E-state index >= 15 is 0 Å². The van der Waals surface area contributed by atoms with Crippen LogP contribution in [0.1, 0.15) is 21.6 Å². The van der Waals surface area contributed by atoms with Crippen molar-refractivity contribution in [3.8, 4) is 0 Å². The molecule has 0 aliphatic heterocycles. The van der Waals surface area contributed by atoms with Gasteiger partial charge in [0.2, 0.25) is 0 Å². The fourth-order valence-electron chi connectivity index (χ4n) is 2.39. The van der Waals surface area contributed by atoms with Crippen molar-refractivity contribution in [2.75, 3.05) is 10.6 Å². The average molecular weight is 370 g/mol. The number of nitrogens with zero attached hydrogens (tertiary/aromatic N) is 1. The van der Waals surface area contributed by atoms with Crippen LogP contribution in [0, 0.1) is 12.7 Å². The van der Waals surface area contributed by atoms with Gasteiger partial charge in [-0.25, -0.2) is 9.37 Å². The van der Waals surface area contributed by atoms with E-state index < -0.39 is 0 Å². The molecule has 3 aromatic rings. The van der Waals surface area contributed by atoms with E-state index in [0.29, 0.717) is 28.5 Å². The minimum Gasteiger partial charge on any atom is -0.380 e. The number of aryl methyl sites for hydroxylation is 1. The maximum atomic E-state index is 13.6. The van der Waals surface area contributed by atoms with Gasteiger partial charge in [-0.3, -0.25) is 4.79 Å². The Bertz CT molecular complexity index is 929. The van der Waals surface area contributed by atoms with E-state index in [9.17, 15) is 9.18 Å². The molecule has 0 aliphatic carbocycles. The lowest BCUT2D eigenvalue weighted by molar-refractivity contribution is 0.102. The van der Waals surface area contributed by atoms with Crippen LogP contribution < -0.4 is 10.6 Å². The summed E-state index contributed by atoms with van der Waals surface area (Å²) in [5.41, 5.74) is 3.09. The molecular formula is C20H17ClFN3O. The van der Waals surface area contributed by atoms with Crippen LogP contribution in [-0.2, 0) is 6.54 Å². The molecule has 0 atom stereocenters. The van der Waals surface area contributed by atoms with Gasteiger partial charge in [-0.2, -0.15) is 0 Å². The number of halogens is 2. The first kappa shape index (κ1) is 17.9. The van der Waals surface area contributed by atoms with Gasteiger partial charge < -0.3 is 10.6 Å². The van der Waals surface area contributed by atoms with Gasteiger partial charge in [0.1, 0.15) is 11.5 Å². The molecule has 6 heteroatoms. The molecule has 0 unspecified atom stereocenters. The summed E-state index contributed by atoms with van der Waals surface area (Å²) < 4.78 is 13.6. The van der Waals surface area contributed by atoms with E-state index in [0.717, 1.165) is 5.56 Å². The summed E-state index contributed by atoms with van der Waals surface area (Å²) in [7, 11) is 0. The molecule has 3 rings (SSSR count). The minimum atomic E-state index is -0.323. The Labute approximate surface area is 156 Å². The third kappa shape index (κ3) is 4.37. The number of anilines is 2. The maximum Gasteiger partial charge on any atom is 0.274 e. The lowest BCUT2D eigenvalue weighted by Gasteiger charge is -2.10. The number of benzene rings is 2. The fourth-order valence-corrected chi connectivity index (χ4v) is 2.56. The standard InChI is InChI=1S/C20H17ClFN3O/c1-13-6-7-15(21)10-19(13)25-20(26)18-9-8-16(12-24-18)23-11-14-4-2-3-5-17(14)22/h2-10,12,23H,11H2,1H3,(H,25,26). The monoisotopic (exact) mass is 369 g/mol. The normalized spacial score (nSPS) is 10.4. The van der Waals surface area contributed by atoms with Crippen LogP contribution in [0.2, 0.25) is 5.02 Å². The molecule has 0 saturated heterocycles. The van der Waals surface area contributed by atoms with E-state index in [-0.39, 0.29) is 17.4 Å². The van der Waals surface area contributed by atoms with Gasteiger partial charge in [-0.1, -0.05) is 35.9 Å². The van der Waals surface area contributed by atoms with E-state index in [4.69, 9.17) is 11.6 Å². The van der Waals surface area contributed by atoms with Crippen molar-refractivity contribution in [2.24, 2.45) is 0 Å². The molecule has 1 heterocycles. The van der Waals surface area contributed by atoms with Gasteiger partial charge in [-0.15, -0.1) is 0 Å². The summed E-state index contributed by atoms with van der Waals surface area (Å²) >= 11 is 5.96. The lowest BCUT2D eigenvalue weighted by Crippen LogP contribution is -2.14. The van der Waals surface area contributed by atoms with E-state index in [1.165, 1.54) is 6.07 Å². The second-order valence-corrected chi connectivity index (χ2v) is 6.23. The van der Waals surface area contributed by atoms with Crippen molar-refractivity contribution in [3.05, 3.63) is 88.5 Å². The zero-order chi connectivity index (χ0) is 18.5. The highest BCUT2D eigenvalue weighted by atomic mass is 35.5. The third-order valence-corrected chi connectivity index (χ3v) is 4.12. The van der Waals surface area contributed by atoms with Crippen LogP contribution >= 0.6 is 11.6 Å². The number of hydrogen-bond acceptors (Lipinski definition) is 3. The van der Waals surface area contributed by atoms with Crippen molar-refractivity contribution in [1.29, 1.82) is 0 Å². The number of aromatic nitrogens is 1. The number of amides is 1. The molecule has 4 nitrogen and oxygen atoms in total. The molecule has 132 valence electrons. The van der Waals surface area contributed by atoms with Gasteiger partial charge in [-0.05, 0) is 42.8 Å². The van der Waals surface area contributed by atoms with Gasteiger partial charge >= 0.3 is 0 Å². The molecule has 26 heavy (non-hydrogen) atoms. The molecule has 0 radical (unpaired) electrons. The van der Waals surface area contributed by atoms with Crippen molar-refractivity contribution in [2.45, 2.75) is 13.5 Å². The molecule has 2 aromatic carbocycles. The number of nitrogens with one attached hydrogen (secondary N) is 2. The number of hydrogen-bond donors (Lipinski definition) is 2. The summed E-state index contributed by atoms with van der Waals surface area (Å²) in [5.74, 6) is -0.586. The highest BCUT2D eigenvalue weighted by Crippen LogP contribution is 2.21. The zero-order valence-corrected chi connectivity index (χ0v) is 14.8. The number of rotatable bonds is 5. The van der Waals surface area contributed by atoms with Crippen LogP contribution in [0.25, 0.3) is 0 Å². The van der Waals surface area contributed by atoms with Gasteiger partial charge in [0.15, 0.2) is 0 Å². The summed E-state index contributed by atoms with van der Waals surface area (Å²) in [6, 6.07) is 15.2. The summed E-state index contributed by atoms with van der Waals surface area (Å²) in [4.78, 5) is 16.5. The first-order valence-electron chi connectivity index (χ1n) is 8.04. The quantitative estimate of drug-likeness (QED) is 0.662. The van der Waals surface area contributed by atoms with Crippen LogP contribution in [0.15, 0.2) is 60.8 Å². The molecular weight excluding hydrogens is 353 g/mol. The topological polar surface area (TPSA) is 54.0 Å². The molecule has 0 spiro atoms. The SMILES string of the molecule is Cc1ccc(Cl)cc1NC(=O)c1ccc(NCc2ccccc2F)cn1. The first-order valence-corrected chi connectivity index (χ1v) is 8.41. The number of carbonyl (C=O) groups excluding carboxylic acids is 1. The molecule has 0 aliphatic rings. The fraction of sp³-hybridized carbons (Fsp3) is 0.100. The highest BCUT2D eigenvalue weighted by molar-refractivity contribution is 6.31. The van der Waals surface area contributed by atoms with Crippen LogP contribution in [0.4, 0.5) is 15.8 Å². The highest BCUT2D eigenvalue weighted by Gasteiger charge is 2.10. The van der Waals surface area contributed by atoms with E-state index in [2.05, 4.69) is 15.6 Å². The Balaban J connectivity index is 1.64. The van der Waals surface area contributed by atoms with Crippen LogP contribution in [0.5, 0.6) is 0 Å².